The molecule has 1 amide bonds. The standard InChI is InChI=1S/C26H20Cl2N4O4/c27-17-7-3-15(4-8-17)21-14-19(29-32(21)22(33)11-12-23(34)35)25-24(16-5-9-18(28)10-6-16)20-2-1-13-31(20)30-26(25)36/h1-10,13,21H,11-12,14H2,(H,30,36)(H,34,35). The number of rotatable bonds is 6. The van der Waals surface area contributed by atoms with Crippen molar-refractivity contribution in [3.63, 3.8) is 0 Å². The number of carboxylic acids is 1. The molecule has 2 aromatic carbocycles. The summed E-state index contributed by atoms with van der Waals surface area (Å²) in [7, 11) is 0. The highest BCUT2D eigenvalue weighted by molar-refractivity contribution is 6.31. The Hall–Kier alpha value is -3.88. The van der Waals surface area contributed by atoms with Crippen LogP contribution in [0.15, 0.2) is 76.8 Å². The molecule has 10 heteroatoms. The van der Waals surface area contributed by atoms with Crippen molar-refractivity contribution in [1.29, 1.82) is 0 Å². The lowest BCUT2D eigenvalue weighted by atomic mass is 9.93. The van der Waals surface area contributed by atoms with Crippen LogP contribution in [0.3, 0.4) is 0 Å². The Labute approximate surface area is 215 Å². The van der Waals surface area contributed by atoms with Gasteiger partial charge in [0.05, 0.1) is 29.3 Å². The van der Waals surface area contributed by atoms with Crippen LogP contribution in [0.1, 0.15) is 36.4 Å². The van der Waals surface area contributed by atoms with E-state index in [-0.39, 0.29) is 24.8 Å². The van der Waals surface area contributed by atoms with Crippen molar-refractivity contribution >= 4 is 46.3 Å². The molecular formula is C26H20Cl2N4O4. The number of nitrogens with one attached hydrogen (secondary N) is 1. The zero-order valence-corrected chi connectivity index (χ0v) is 20.3. The largest absolute Gasteiger partial charge is 0.481 e. The lowest BCUT2D eigenvalue weighted by Gasteiger charge is -2.22. The second-order valence-electron chi connectivity index (χ2n) is 8.41. The van der Waals surface area contributed by atoms with Crippen molar-refractivity contribution in [3.05, 3.63) is 98.4 Å². The van der Waals surface area contributed by atoms with Crippen LogP contribution in [0.4, 0.5) is 0 Å². The van der Waals surface area contributed by atoms with Crippen molar-refractivity contribution in [2.24, 2.45) is 5.10 Å². The molecule has 1 atom stereocenters. The molecule has 0 radical (unpaired) electrons. The molecule has 0 aliphatic carbocycles. The van der Waals surface area contributed by atoms with Crippen LogP contribution in [0.2, 0.25) is 10.0 Å². The van der Waals surface area contributed by atoms with Crippen molar-refractivity contribution in [2.75, 3.05) is 0 Å². The summed E-state index contributed by atoms with van der Waals surface area (Å²) in [6.07, 6.45) is 1.48. The maximum absolute atomic E-state index is 13.4. The molecule has 1 unspecified atom stereocenters. The average molecular weight is 523 g/mol. The van der Waals surface area contributed by atoms with Gasteiger partial charge in [-0.15, -0.1) is 0 Å². The molecule has 0 spiro atoms. The highest BCUT2D eigenvalue weighted by atomic mass is 35.5. The fourth-order valence-electron chi connectivity index (χ4n) is 4.44. The number of hydrogen-bond donors (Lipinski definition) is 2. The zero-order valence-electron chi connectivity index (χ0n) is 18.8. The monoisotopic (exact) mass is 522 g/mol. The minimum absolute atomic E-state index is 0.214. The number of fused-ring (bicyclic) bond motifs is 1. The van der Waals surface area contributed by atoms with E-state index >= 15 is 0 Å². The van der Waals surface area contributed by atoms with E-state index in [2.05, 4.69) is 10.2 Å². The third-order valence-corrected chi connectivity index (χ3v) is 6.60. The number of hydrogen-bond acceptors (Lipinski definition) is 4. The van der Waals surface area contributed by atoms with Gasteiger partial charge in [0.2, 0.25) is 5.91 Å². The summed E-state index contributed by atoms with van der Waals surface area (Å²) in [6.45, 7) is 0. The minimum atomic E-state index is -1.07. The van der Waals surface area contributed by atoms with Gasteiger partial charge in [-0.1, -0.05) is 47.5 Å². The number of nitrogens with zero attached hydrogens (tertiary/aromatic N) is 3. The first-order valence-electron chi connectivity index (χ1n) is 11.2. The number of aromatic amines is 1. The average Bonchev–Trinajstić information content (AvgIpc) is 3.50. The first-order valence-corrected chi connectivity index (χ1v) is 11.9. The molecule has 4 aromatic rings. The molecule has 8 nitrogen and oxygen atoms in total. The SMILES string of the molecule is O=C(O)CCC(=O)N1N=C(c2c(-c3ccc(Cl)cc3)c3cccn3[nH]c2=O)CC1c1ccc(Cl)cc1. The number of carbonyl (C=O) groups is 2. The molecule has 0 bridgehead atoms. The van der Waals surface area contributed by atoms with Gasteiger partial charge in [0, 0.05) is 34.6 Å². The van der Waals surface area contributed by atoms with E-state index in [1.807, 2.05) is 24.3 Å². The Morgan fingerprint density at radius 3 is 2.31 bits per heavy atom. The quantitative estimate of drug-likeness (QED) is 0.365. The van der Waals surface area contributed by atoms with Crippen LogP contribution in [0, 0.1) is 0 Å². The van der Waals surface area contributed by atoms with Gasteiger partial charge in [0.1, 0.15) is 0 Å². The van der Waals surface area contributed by atoms with Gasteiger partial charge in [0.25, 0.3) is 5.56 Å². The first-order chi connectivity index (χ1) is 17.3. The fourth-order valence-corrected chi connectivity index (χ4v) is 4.69. The van der Waals surface area contributed by atoms with Crippen LogP contribution in [0.5, 0.6) is 0 Å². The van der Waals surface area contributed by atoms with E-state index in [0.29, 0.717) is 26.9 Å². The molecule has 0 saturated heterocycles. The number of carbonyl (C=O) groups excluding carboxylic acids is 1. The van der Waals surface area contributed by atoms with Crippen LogP contribution in [-0.2, 0) is 9.59 Å². The smallest absolute Gasteiger partial charge is 0.303 e. The van der Waals surface area contributed by atoms with Crippen LogP contribution < -0.4 is 5.56 Å². The van der Waals surface area contributed by atoms with Gasteiger partial charge in [-0.3, -0.25) is 24.0 Å². The maximum Gasteiger partial charge on any atom is 0.303 e. The summed E-state index contributed by atoms with van der Waals surface area (Å²) in [5.74, 6) is -1.52. The van der Waals surface area contributed by atoms with Gasteiger partial charge < -0.3 is 5.11 Å². The van der Waals surface area contributed by atoms with E-state index in [1.54, 1.807) is 47.1 Å². The molecule has 182 valence electrons. The number of halogens is 2. The minimum Gasteiger partial charge on any atom is -0.481 e. The number of benzene rings is 2. The Bertz CT molecular complexity index is 1560. The molecule has 1 aliphatic rings. The normalized spacial score (nSPS) is 15.3. The molecule has 3 heterocycles. The summed E-state index contributed by atoms with van der Waals surface area (Å²) >= 11 is 12.2. The van der Waals surface area contributed by atoms with E-state index in [0.717, 1.165) is 16.6 Å². The van der Waals surface area contributed by atoms with Gasteiger partial charge in [-0.2, -0.15) is 5.10 Å². The first kappa shape index (κ1) is 23.8. The molecule has 0 saturated carbocycles. The summed E-state index contributed by atoms with van der Waals surface area (Å²) in [5.41, 5.74) is 3.37. The van der Waals surface area contributed by atoms with Crippen molar-refractivity contribution in [3.8, 4) is 11.1 Å². The van der Waals surface area contributed by atoms with Crippen LogP contribution in [0.25, 0.3) is 16.6 Å². The zero-order chi connectivity index (χ0) is 25.4. The maximum atomic E-state index is 13.4. The molecule has 1 aliphatic heterocycles. The number of amides is 1. The lowest BCUT2D eigenvalue weighted by molar-refractivity contribution is -0.141. The molecule has 2 N–H and O–H groups in total. The Morgan fingerprint density at radius 2 is 1.64 bits per heavy atom. The van der Waals surface area contributed by atoms with Gasteiger partial charge in [0.15, 0.2) is 0 Å². The predicted octanol–water partition coefficient (Wildman–Crippen LogP) is 5.14. The predicted molar refractivity (Wildman–Crippen MR) is 138 cm³/mol. The molecule has 5 rings (SSSR count). The molecule has 2 aromatic heterocycles. The van der Waals surface area contributed by atoms with E-state index in [9.17, 15) is 14.4 Å². The number of H-pyrrole nitrogens is 1. The summed E-state index contributed by atoms with van der Waals surface area (Å²) in [5, 5.41) is 18.9. The highest BCUT2D eigenvalue weighted by Gasteiger charge is 2.35. The van der Waals surface area contributed by atoms with Crippen LogP contribution >= 0.6 is 23.2 Å². The molecule has 0 fully saturated rings. The second kappa shape index (κ2) is 9.64. The van der Waals surface area contributed by atoms with E-state index < -0.39 is 17.9 Å². The second-order valence-corrected chi connectivity index (χ2v) is 9.28. The Morgan fingerprint density at radius 1 is 0.972 bits per heavy atom. The van der Waals surface area contributed by atoms with Crippen molar-refractivity contribution < 1.29 is 14.7 Å². The van der Waals surface area contributed by atoms with E-state index in [1.165, 1.54) is 5.01 Å². The van der Waals surface area contributed by atoms with Crippen molar-refractivity contribution in [2.45, 2.75) is 25.3 Å². The summed E-state index contributed by atoms with van der Waals surface area (Å²) < 4.78 is 1.64. The third-order valence-electron chi connectivity index (χ3n) is 6.10. The fraction of sp³-hybridized carbons (Fsp3) is 0.154. The number of carboxylic acid groups (broad SMARTS) is 1. The third kappa shape index (κ3) is 4.53. The Balaban J connectivity index is 1.66. The topological polar surface area (TPSA) is 107 Å². The summed E-state index contributed by atoms with van der Waals surface area (Å²) in [6, 6.07) is 17.4. The number of aliphatic carboxylic acids is 1. The lowest BCUT2D eigenvalue weighted by Crippen LogP contribution is -2.27. The Kier molecular flexibility index (Phi) is 6.38. The highest BCUT2D eigenvalue weighted by Crippen LogP contribution is 2.37. The van der Waals surface area contributed by atoms with Crippen LogP contribution in [-0.4, -0.2) is 37.3 Å². The van der Waals surface area contributed by atoms with Gasteiger partial charge in [-0.05, 0) is 47.5 Å². The molecule has 36 heavy (non-hydrogen) atoms. The van der Waals surface area contributed by atoms with Crippen molar-refractivity contribution in [1.82, 2.24) is 14.6 Å². The van der Waals surface area contributed by atoms with E-state index in [4.69, 9.17) is 28.3 Å². The number of hydrazone groups is 1. The summed E-state index contributed by atoms with van der Waals surface area (Å²) in [4.78, 5) is 37.5. The van der Waals surface area contributed by atoms with Gasteiger partial charge >= 0.3 is 5.97 Å². The number of aromatic nitrogens is 2. The molecular weight excluding hydrogens is 503 g/mol. The van der Waals surface area contributed by atoms with Gasteiger partial charge in [-0.25, -0.2) is 5.01 Å².